The fourth-order valence-electron chi connectivity index (χ4n) is 1.04. The van der Waals surface area contributed by atoms with Crippen LogP contribution in [0.4, 0.5) is 4.39 Å². The Morgan fingerprint density at radius 3 is 2.92 bits per heavy atom. The van der Waals surface area contributed by atoms with E-state index in [4.69, 9.17) is 5.26 Å². The van der Waals surface area contributed by atoms with Gasteiger partial charge in [0.2, 0.25) is 0 Å². The monoisotopic (exact) mass is 163 g/mol. The molecule has 1 aromatic rings. The molecule has 0 aliphatic rings. The number of nitriles is 1. The second kappa shape index (κ2) is 3.87. The van der Waals surface area contributed by atoms with E-state index in [2.05, 4.69) is 0 Å². The highest BCUT2D eigenvalue weighted by Gasteiger charge is 2.02. The molecule has 0 N–H and O–H groups in total. The quantitative estimate of drug-likeness (QED) is 0.657. The Hall–Kier alpha value is -1.36. The predicted molar refractivity (Wildman–Crippen MR) is 45.3 cm³/mol. The Labute approximate surface area is 71.4 Å². The highest BCUT2D eigenvalue weighted by atomic mass is 19.1. The van der Waals surface area contributed by atoms with E-state index in [-0.39, 0.29) is 0 Å². The van der Waals surface area contributed by atoms with Crippen molar-refractivity contribution in [1.82, 2.24) is 0 Å². The normalized spacial score (nSPS) is 12.1. The van der Waals surface area contributed by atoms with Crippen molar-refractivity contribution in [1.29, 1.82) is 5.26 Å². The van der Waals surface area contributed by atoms with E-state index in [9.17, 15) is 4.39 Å². The molecular formula is C10H10FN. The van der Waals surface area contributed by atoms with E-state index in [1.54, 1.807) is 18.2 Å². The molecule has 1 aromatic carbocycles. The number of alkyl halides is 1. The maximum atomic E-state index is 12.8. The van der Waals surface area contributed by atoms with Crippen LogP contribution >= 0.6 is 0 Å². The van der Waals surface area contributed by atoms with E-state index >= 15 is 0 Å². The van der Waals surface area contributed by atoms with Crippen LogP contribution < -0.4 is 0 Å². The molecule has 0 radical (unpaired) electrons. The van der Waals surface area contributed by atoms with Crippen molar-refractivity contribution in [3.8, 4) is 6.07 Å². The van der Waals surface area contributed by atoms with Crippen molar-refractivity contribution in [3.63, 3.8) is 0 Å². The Balaban J connectivity index is 2.90. The minimum absolute atomic E-state index is 0.348. The third-order valence-electron chi connectivity index (χ3n) is 1.69. The van der Waals surface area contributed by atoms with Gasteiger partial charge in [0.05, 0.1) is 12.5 Å². The maximum absolute atomic E-state index is 12.8. The van der Waals surface area contributed by atoms with Crippen LogP contribution in [-0.4, -0.2) is 0 Å². The number of benzene rings is 1. The molecule has 0 spiro atoms. The number of hydrogen-bond donors (Lipinski definition) is 0. The number of rotatable bonds is 2. The zero-order valence-electron chi connectivity index (χ0n) is 6.92. The van der Waals surface area contributed by atoms with Gasteiger partial charge >= 0.3 is 0 Å². The summed E-state index contributed by atoms with van der Waals surface area (Å²) in [5, 5.41) is 8.41. The first kappa shape index (κ1) is 8.73. The molecular weight excluding hydrogens is 153 g/mol. The van der Waals surface area contributed by atoms with Crippen LogP contribution in [0.25, 0.3) is 0 Å². The van der Waals surface area contributed by atoms with Crippen LogP contribution in [0.5, 0.6) is 0 Å². The van der Waals surface area contributed by atoms with Gasteiger partial charge in [-0.3, -0.25) is 0 Å². The zero-order valence-corrected chi connectivity index (χ0v) is 6.92. The number of halogens is 1. The van der Waals surface area contributed by atoms with Gasteiger partial charge in [-0.1, -0.05) is 24.3 Å². The van der Waals surface area contributed by atoms with Gasteiger partial charge in [0.1, 0.15) is 6.17 Å². The first-order chi connectivity index (χ1) is 5.74. The summed E-state index contributed by atoms with van der Waals surface area (Å²) in [4.78, 5) is 0. The van der Waals surface area contributed by atoms with E-state index in [1.807, 2.05) is 12.1 Å². The average Bonchev–Trinajstić information content (AvgIpc) is 2.05. The largest absolute Gasteiger partial charge is 0.243 e. The maximum Gasteiger partial charge on any atom is 0.122 e. The Morgan fingerprint density at radius 2 is 2.33 bits per heavy atom. The lowest BCUT2D eigenvalue weighted by Gasteiger charge is -2.02. The zero-order chi connectivity index (χ0) is 8.97. The topological polar surface area (TPSA) is 23.8 Å². The van der Waals surface area contributed by atoms with Crippen molar-refractivity contribution in [2.45, 2.75) is 19.5 Å². The van der Waals surface area contributed by atoms with Crippen molar-refractivity contribution in [3.05, 3.63) is 35.4 Å². The van der Waals surface area contributed by atoms with Crippen molar-refractivity contribution >= 4 is 0 Å². The summed E-state index contributed by atoms with van der Waals surface area (Å²) in [7, 11) is 0. The van der Waals surface area contributed by atoms with Crippen LogP contribution in [0, 0.1) is 11.3 Å². The molecule has 0 aromatic heterocycles. The first-order valence-electron chi connectivity index (χ1n) is 3.84. The van der Waals surface area contributed by atoms with Crippen LogP contribution in [0.2, 0.25) is 0 Å². The molecule has 1 nitrogen and oxygen atoms in total. The van der Waals surface area contributed by atoms with Gasteiger partial charge in [0.15, 0.2) is 0 Å². The fourth-order valence-corrected chi connectivity index (χ4v) is 1.04. The summed E-state index contributed by atoms with van der Waals surface area (Å²) in [6.45, 7) is 1.49. The summed E-state index contributed by atoms with van der Waals surface area (Å²) in [5.74, 6) is 0. The van der Waals surface area contributed by atoms with E-state index in [1.165, 1.54) is 6.92 Å². The standard InChI is InChI=1S/C10H10FN/c1-8(11)10-4-2-3-9(7-10)5-6-12/h2-4,7-8H,5H2,1H3. The van der Waals surface area contributed by atoms with Gasteiger partial charge in [-0.25, -0.2) is 4.39 Å². The Bertz CT molecular complexity index is 299. The molecule has 0 fully saturated rings. The predicted octanol–water partition coefficient (Wildman–Crippen LogP) is 2.78. The minimum atomic E-state index is -0.955. The molecule has 0 aliphatic carbocycles. The van der Waals surface area contributed by atoms with Crippen molar-refractivity contribution < 1.29 is 4.39 Å². The second-order valence-electron chi connectivity index (χ2n) is 2.70. The molecule has 0 bridgehead atoms. The molecule has 12 heavy (non-hydrogen) atoms. The second-order valence-corrected chi connectivity index (χ2v) is 2.70. The molecule has 1 rings (SSSR count). The molecule has 0 saturated carbocycles. The van der Waals surface area contributed by atoms with Gasteiger partial charge in [-0.2, -0.15) is 5.26 Å². The first-order valence-corrected chi connectivity index (χ1v) is 3.84. The van der Waals surface area contributed by atoms with Gasteiger partial charge in [-0.05, 0) is 18.1 Å². The highest BCUT2D eigenvalue weighted by Crippen LogP contribution is 2.17. The Morgan fingerprint density at radius 1 is 1.58 bits per heavy atom. The number of hydrogen-bond acceptors (Lipinski definition) is 1. The van der Waals surface area contributed by atoms with E-state index in [0.29, 0.717) is 12.0 Å². The fraction of sp³-hybridized carbons (Fsp3) is 0.300. The Kier molecular flexibility index (Phi) is 2.82. The lowest BCUT2D eigenvalue weighted by atomic mass is 10.1. The van der Waals surface area contributed by atoms with Crippen LogP contribution in [-0.2, 0) is 6.42 Å². The summed E-state index contributed by atoms with van der Waals surface area (Å²) < 4.78 is 12.8. The van der Waals surface area contributed by atoms with E-state index in [0.717, 1.165) is 5.56 Å². The van der Waals surface area contributed by atoms with Gasteiger partial charge in [0, 0.05) is 0 Å². The highest BCUT2D eigenvalue weighted by molar-refractivity contribution is 5.26. The average molecular weight is 163 g/mol. The molecule has 0 heterocycles. The third kappa shape index (κ3) is 2.06. The van der Waals surface area contributed by atoms with Gasteiger partial charge in [-0.15, -0.1) is 0 Å². The van der Waals surface area contributed by atoms with E-state index < -0.39 is 6.17 Å². The lowest BCUT2D eigenvalue weighted by Crippen LogP contribution is -1.88. The van der Waals surface area contributed by atoms with Gasteiger partial charge in [0.25, 0.3) is 0 Å². The van der Waals surface area contributed by atoms with Gasteiger partial charge < -0.3 is 0 Å². The molecule has 0 saturated heterocycles. The molecule has 62 valence electrons. The SMILES string of the molecule is CC(F)c1cccc(CC#N)c1. The summed E-state index contributed by atoms with van der Waals surface area (Å²) in [6.07, 6.45) is -0.607. The summed E-state index contributed by atoms with van der Waals surface area (Å²) >= 11 is 0. The summed E-state index contributed by atoms with van der Waals surface area (Å²) in [6, 6.07) is 9.09. The van der Waals surface area contributed by atoms with Crippen LogP contribution in [0.1, 0.15) is 24.2 Å². The van der Waals surface area contributed by atoms with Crippen LogP contribution in [0.15, 0.2) is 24.3 Å². The minimum Gasteiger partial charge on any atom is -0.243 e. The van der Waals surface area contributed by atoms with Crippen molar-refractivity contribution in [2.75, 3.05) is 0 Å². The smallest absolute Gasteiger partial charge is 0.122 e. The molecule has 1 unspecified atom stereocenters. The van der Waals surface area contributed by atoms with Crippen LogP contribution in [0.3, 0.4) is 0 Å². The van der Waals surface area contributed by atoms with Crippen molar-refractivity contribution in [2.24, 2.45) is 0 Å². The lowest BCUT2D eigenvalue weighted by molar-refractivity contribution is 0.374. The molecule has 2 heteroatoms. The summed E-state index contributed by atoms with van der Waals surface area (Å²) in [5.41, 5.74) is 1.52. The third-order valence-corrected chi connectivity index (χ3v) is 1.69. The number of nitrogens with zero attached hydrogens (tertiary/aromatic N) is 1. The molecule has 1 atom stereocenters. The molecule has 0 aliphatic heterocycles. The molecule has 0 amide bonds.